The van der Waals surface area contributed by atoms with Gasteiger partial charge in [-0.15, -0.1) is 0 Å². The molecule has 0 aliphatic heterocycles. The van der Waals surface area contributed by atoms with Crippen LogP contribution in [-0.2, 0) is 22.7 Å². The molecular weight excluding hydrogens is 386 g/mol. The second-order valence-corrected chi connectivity index (χ2v) is 6.35. The monoisotopic (exact) mass is 405 g/mol. The Balaban J connectivity index is 1.65. The topological polar surface area (TPSA) is 111 Å². The summed E-state index contributed by atoms with van der Waals surface area (Å²) in [6.07, 6.45) is 0.409. The highest BCUT2D eigenvalue weighted by atomic mass is 16.6. The fourth-order valence-corrected chi connectivity index (χ4v) is 2.83. The number of rotatable bonds is 8. The Kier molecular flexibility index (Phi) is 6.55. The standard InChI is InChI=1S/C22H19N3O5/c1-2-19(26)15-7-9-16(10-8-15)29-14-21(27)30-13-20-24-18-6-4-3-5-17(18)22(28)25(20)12-11-23/h3-10H,2,12-14H2,1H3. The maximum atomic E-state index is 12.6. The Morgan fingerprint density at radius 2 is 1.87 bits per heavy atom. The summed E-state index contributed by atoms with van der Waals surface area (Å²) in [6, 6.07) is 15.1. The van der Waals surface area contributed by atoms with Gasteiger partial charge in [-0.2, -0.15) is 5.26 Å². The average molecular weight is 405 g/mol. The van der Waals surface area contributed by atoms with Gasteiger partial charge in [-0.25, -0.2) is 9.78 Å². The zero-order valence-corrected chi connectivity index (χ0v) is 16.3. The summed E-state index contributed by atoms with van der Waals surface area (Å²) in [5.41, 5.74) is 0.664. The van der Waals surface area contributed by atoms with Crippen molar-refractivity contribution in [1.29, 1.82) is 5.26 Å². The number of nitriles is 1. The normalized spacial score (nSPS) is 10.4. The number of Topliss-reactive ketones (excluding diaryl/α,β-unsaturated/α-hetero) is 1. The fourth-order valence-electron chi connectivity index (χ4n) is 2.83. The molecule has 8 nitrogen and oxygen atoms in total. The van der Waals surface area contributed by atoms with Gasteiger partial charge in [-0.1, -0.05) is 19.1 Å². The highest BCUT2D eigenvalue weighted by Gasteiger charge is 2.13. The summed E-state index contributed by atoms with van der Waals surface area (Å²) >= 11 is 0. The van der Waals surface area contributed by atoms with E-state index >= 15 is 0 Å². The highest BCUT2D eigenvalue weighted by molar-refractivity contribution is 5.95. The van der Waals surface area contributed by atoms with Crippen LogP contribution in [0.5, 0.6) is 5.75 Å². The number of nitrogens with zero attached hydrogens (tertiary/aromatic N) is 3. The lowest BCUT2D eigenvalue weighted by atomic mass is 10.1. The Morgan fingerprint density at radius 3 is 2.57 bits per heavy atom. The van der Waals surface area contributed by atoms with Gasteiger partial charge in [0.2, 0.25) is 0 Å². The maximum Gasteiger partial charge on any atom is 0.344 e. The lowest BCUT2D eigenvalue weighted by Crippen LogP contribution is -2.26. The van der Waals surface area contributed by atoms with E-state index in [9.17, 15) is 14.4 Å². The molecule has 30 heavy (non-hydrogen) atoms. The number of carbonyl (C=O) groups excluding carboxylic acids is 2. The Bertz CT molecular complexity index is 1180. The average Bonchev–Trinajstić information content (AvgIpc) is 2.78. The van der Waals surface area contributed by atoms with Gasteiger partial charge in [-0.05, 0) is 36.4 Å². The molecule has 0 aliphatic carbocycles. The lowest BCUT2D eigenvalue weighted by Gasteiger charge is -2.11. The van der Waals surface area contributed by atoms with Gasteiger partial charge in [0.1, 0.15) is 18.9 Å². The zero-order chi connectivity index (χ0) is 21.5. The van der Waals surface area contributed by atoms with E-state index in [1.54, 1.807) is 55.5 Å². The smallest absolute Gasteiger partial charge is 0.344 e. The molecule has 0 amide bonds. The minimum absolute atomic E-state index is 0.0206. The molecule has 0 atom stereocenters. The van der Waals surface area contributed by atoms with Crippen molar-refractivity contribution >= 4 is 22.7 Å². The van der Waals surface area contributed by atoms with E-state index in [-0.39, 0.29) is 36.9 Å². The van der Waals surface area contributed by atoms with E-state index in [1.165, 1.54) is 4.57 Å². The highest BCUT2D eigenvalue weighted by Crippen LogP contribution is 2.14. The van der Waals surface area contributed by atoms with Gasteiger partial charge in [0, 0.05) is 12.0 Å². The molecule has 0 saturated carbocycles. The predicted molar refractivity (Wildman–Crippen MR) is 108 cm³/mol. The van der Waals surface area contributed by atoms with E-state index in [0.29, 0.717) is 28.6 Å². The molecule has 0 bridgehead atoms. The molecule has 0 saturated heterocycles. The van der Waals surface area contributed by atoms with Crippen molar-refractivity contribution in [3.63, 3.8) is 0 Å². The van der Waals surface area contributed by atoms with Gasteiger partial charge in [0.15, 0.2) is 18.2 Å². The summed E-state index contributed by atoms with van der Waals surface area (Å²) in [5.74, 6) is -0.0391. The number of fused-ring (bicyclic) bond motifs is 1. The zero-order valence-electron chi connectivity index (χ0n) is 16.3. The van der Waals surface area contributed by atoms with Gasteiger partial charge in [-0.3, -0.25) is 14.2 Å². The van der Waals surface area contributed by atoms with E-state index in [0.717, 1.165) is 0 Å². The van der Waals surface area contributed by atoms with Crippen molar-refractivity contribution < 1.29 is 19.1 Å². The molecule has 0 radical (unpaired) electrons. The largest absolute Gasteiger partial charge is 0.482 e. The number of carbonyl (C=O) groups is 2. The molecule has 8 heteroatoms. The van der Waals surface area contributed by atoms with Crippen LogP contribution in [0.2, 0.25) is 0 Å². The molecule has 152 valence electrons. The molecule has 0 spiro atoms. The molecule has 2 aromatic carbocycles. The predicted octanol–water partition coefficient (Wildman–Crippen LogP) is 2.63. The summed E-state index contributed by atoms with van der Waals surface area (Å²) < 4.78 is 11.7. The Labute approximate surface area is 172 Å². The van der Waals surface area contributed by atoms with E-state index < -0.39 is 5.97 Å². The molecule has 0 aliphatic rings. The number of esters is 1. The molecule has 3 aromatic rings. The second-order valence-electron chi connectivity index (χ2n) is 6.35. The van der Waals surface area contributed by atoms with Crippen molar-refractivity contribution in [1.82, 2.24) is 9.55 Å². The molecular formula is C22H19N3O5. The summed E-state index contributed by atoms with van der Waals surface area (Å²) in [4.78, 5) is 40.6. The van der Waals surface area contributed by atoms with Gasteiger partial charge < -0.3 is 9.47 Å². The van der Waals surface area contributed by atoms with Crippen molar-refractivity contribution in [2.24, 2.45) is 0 Å². The van der Waals surface area contributed by atoms with Crippen LogP contribution in [-0.4, -0.2) is 27.9 Å². The van der Waals surface area contributed by atoms with Gasteiger partial charge in [0.05, 0.1) is 17.0 Å². The van der Waals surface area contributed by atoms with Crippen LogP contribution in [0.15, 0.2) is 53.3 Å². The summed E-state index contributed by atoms with van der Waals surface area (Å²) in [5, 5.41) is 9.40. The Morgan fingerprint density at radius 1 is 1.13 bits per heavy atom. The van der Waals surface area contributed by atoms with E-state index in [1.807, 2.05) is 6.07 Å². The quantitative estimate of drug-likeness (QED) is 0.418. The van der Waals surface area contributed by atoms with Crippen LogP contribution < -0.4 is 10.3 Å². The minimum Gasteiger partial charge on any atom is -0.482 e. The molecule has 0 unspecified atom stereocenters. The first-order valence-electron chi connectivity index (χ1n) is 9.30. The summed E-state index contributed by atoms with van der Waals surface area (Å²) in [7, 11) is 0. The number of benzene rings is 2. The van der Waals surface area contributed by atoms with Gasteiger partial charge >= 0.3 is 5.97 Å². The van der Waals surface area contributed by atoms with Crippen molar-refractivity contribution in [3.8, 4) is 11.8 Å². The van der Waals surface area contributed by atoms with Crippen molar-refractivity contribution in [2.75, 3.05) is 6.61 Å². The number of aromatic nitrogens is 2. The lowest BCUT2D eigenvalue weighted by molar-refractivity contribution is -0.147. The second kappa shape index (κ2) is 9.47. The molecule has 1 aromatic heterocycles. The third-order valence-corrected chi connectivity index (χ3v) is 4.39. The molecule has 1 heterocycles. The number of ketones is 1. The first kappa shape index (κ1) is 20.7. The van der Waals surface area contributed by atoms with Crippen LogP contribution in [0, 0.1) is 11.3 Å². The summed E-state index contributed by atoms with van der Waals surface area (Å²) in [6.45, 7) is 0.956. The fraction of sp³-hybridized carbons (Fsp3) is 0.227. The molecule has 3 rings (SSSR count). The van der Waals surface area contributed by atoms with Crippen LogP contribution >= 0.6 is 0 Å². The molecule has 0 fully saturated rings. The van der Waals surface area contributed by atoms with Crippen LogP contribution in [0.4, 0.5) is 0 Å². The SMILES string of the molecule is CCC(=O)c1ccc(OCC(=O)OCc2nc3ccccc3c(=O)n2CC#N)cc1. The van der Waals surface area contributed by atoms with E-state index in [2.05, 4.69) is 4.98 Å². The number of ether oxygens (including phenoxy) is 2. The van der Waals surface area contributed by atoms with Crippen molar-refractivity contribution in [2.45, 2.75) is 26.5 Å². The maximum absolute atomic E-state index is 12.6. The number of hydrogen-bond donors (Lipinski definition) is 0. The Hall–Kier alpha value is -3.99. The van der Waals surface area contributed by atoms with Crippen molar-refractivity contribution in [3.05, 3.63) is 70.3 Å². The third-order valence-electron chi connectivity index (χ3n) is 4.39. The first-order chi connectivity index (χ1) is 14.5. The van der Waals surface area contributed by atoms with Crippen LogP contribution in [0.3, 0.4) is 0 Å². The number of para-hydroxylation sites is 1. The number of hydrogen-bond acceptors (Lipinski definition) is 7. The molecule has 0 N–H and O–H groups in total. The first-order valence-corrected chi connectivity index (χ1v) is 9.30. The van der Waals surface area contributed by atoms with E-state index in [4.69, 9.17) is 14.7 Å². The van der Waals surface area contributed by atoms with Gasteiger partial charge in [0.25, 0.3) is 5.56 Å². The third kappa shape index (κ3) is 4.70. The minimum atomic E-state index is -0.658. The van der Waals surface area contributed by atoms with Crippen LogP contribution in [0.25, 0.3) is 10.9 Å². The van der Waals surface area contributed by atoms with Crippen LogP contribution in [0.1, 0.15) is 29.5 Å².